The average Bonchev–Trinajstić information content (AvgIpc) is 3.19. The number of rotatable bonds is 2. The van der Waals surface area contributed by atoms with Crippen LogP contribution < -0.4 is 11.3 Å². The molecule has 3 aromatic rings. The molecule has 1 saturated carbocycles. The molecule has 1 aliphatic carbocycles. The van der Waals surface area contributed by atoms with E-state index in [0.29, 0.717) is 22.6 Å². The van der Waals surface area contributed by atoms with Crippen LogP contribution in [-0.4, -0.2) is 14.8 Å². The van der Waals surface area contributed by atoms with Crippen molar-refractivity contribution in [2.24, 2.45) is 0 Å². The molecule has 0 spiro atoms. The van der Waals surface area contributed by atoms with Crippen LogP contribution in [-0.2, 0) is 0 Å². The van der Waals surface area contributed by atoms with Gasteiger partial charge in [-0.15, -0.1) is 0 Å². The minimum absolute atomic E-state index is 0.160. The van der Waals surface area contributed by atoms with Gasteiger partial charge in [-0.3, -0.25) is 4.79 Å². The van der Waals surface area contributed by atoms with E-state index < -0.39 is 0 Å². The molecule has 1 aromatic carbocycles. The Labute approximate surface area is 141 Å². The largest absolute Gasteiger partial charge is 0.381 e. The minimum Gasteiger partial charge on any atom is -0.381 e. The van der Waals surface area contributed by atoms with E-state index >= 15 is 0 Å². The van der Waals surface area contributed by atoms with Gasteiger partial charge in [0.2, 0.25) is 0 Å². The summed E-state index contributed by atoms with van der Waals surface area (Å²) in [5.74, 6) is 0.781. The summed E-state index contributed by atoms with van der Waals surface area (Å²) in [6.07, 6.45) is 6.75. The van der Waals surface area contributed by atoms with Crippen LogP contribution in [0.25, 0.3) is 16.6 Å². The predicted octanol–water partition coefficient (Wildman–Crippen LogP) is 3.72. The Morgan fingerprint density at radius 1 is 1.22 bits per heavy atom. The number of aromatic amines is 1. The number of aromatic nitrogens is 3. The molecule has 1 aliphatic rings. The van der Waals surface area contributed by atoms with Crippen molar-refractivity contribution < 1.29 is 0 Å². The van der Waals surface area contributed by atoms with Gasteiger partial charge in [-0.05, 0) is 48.6 Å². The Bertz CT molecular complexity index is 920. The summed E-state index contributed by atoms with van der Waals surface area (Å²) in [6.45, 7) is 0. The van der Waals surface area contributed by atoms with E-state index in [-0.39, 0.29) is 5.56 Å². The Kier molecular flexibility index (Phi) is 3.49. The molecule has 0 saturated heterocycles. The number of nitrogens with zero attached hydrogens (tertiary/aromatic N) is 2. The van der Waals surface area contributed by atoms with Gasteiger partial charge in [0.15, 0.2) is 5.82 Å². The smallest absolute Gasteiger partial charge is 0.274 e. The number of halogens is 1. The van der Waals surface area contributed by atoms with Gasteiger partial charge in [0.1, 0.15) is 5.52 Å². The highest BCUT2D eigenvalue weighted by Crippen LogP contribution is 2.39. The zero-order valence-electron chi connectivity index (χ0n) is 12.6. The van der Waals surface area contributed by atoms with Gasteiger partial charge < -0.3 is 10.3 Å². The first-order valence-electron chi connectivity index (χ1n) is 7.80. The zero-order chi connectivity index (χ0) is 16.0. The lowest BCUT2D eigenvalue weighted by Crippen LogP contribution is -2.12. The third-order valence-corrected chi connectivity index (χ3v) is 5.21. The Balaban J connectivity index is 2.02. The van der Waals surface area contributed by atoms with Gasteiger partial charge in [-0.2, -0.15) is 5.10 Å². The molecule has 0 unspecified atom stereocenters. The highest BCUT2D eigenvalue weighted by Gasteiger charge is 2.25. The van der Waals surface area contributed by atoms with Crippen LogP contribution in [0, 0.1) is 0 Å². The summed E-state index contributed by atoms with van der Waals surface area (Å²) in [7, 11) is 0. The van der Waals surface area contributed by atoms with Crippen molar-refractivity contribution in [1.29, 1.82) is 0 Å². The van der Waals surface area contributed by atoms with E-state index in [1.165, 1.54) is 12.8 Å². The third kappa shape index (κ3) is 2.37. The second kappa shape index (κ2) is 5.53. The van der Waals surface area contributed by atoms with Crippen molar-refractivity contribution >= 4 is 32.7 Å². The van der Waals surface area contributed by atoms with Gasteiger partial charge >= 0.3 is 0 Å². The second-order valence-electron chi connectivity index (χ2n) is 6.07. The highest BCUT2D eigenvalue weighted by atomic mass is 79.9. The first-order chi connectivity index (χ1) is 11.1. The normalized spacial score (nSPS) is 15.5. The van der Waals surface area contributed by atoms with E-state index in [9.17, 15) is 4.79 Å². The second-order valence-corrected chi connectivity index (χ2v) is 6.99. The van der Waals surface area contributed by atoms with Gasteiger partial charge in [-0.1, -0.05) is 28.8 Å². The zero-order valence-corrected chi connectivity index (χ0v) is 14.1. The summed E-state index contributed by atoms with van der Waals surface area (Å²) >= 11 is 3.45. The molecular weight excluding hydrogens is 356 g/mol. The van der Waals surface area contributed by atoms with Crippen molar-refractivity contribution in [3.05, 3.63) is 50.9 Å². The molecule has 3 N–H and O–H groups in total. The monoisotopic (exact) mass is 372 g/mol. The first-order valence-corrected chi connectivity index (χ1v) is 8.59. The van der Waals surface area contributed by atoms with Crippen LogP contribution in [0.2, 0.25) is 0 Å². The molecule has 0 atom stereocenters. The van der Waals surface area contributed by atoms with E-state index in [0.717, 1.165) is 28.6 Å². The standard InChI is InChI=1S/C17H17BrN4O/c18-11-5-7-12(8-6-11)22-9-13(10-3-1-2-4-10)14-15(22)16(19)20-21-17(14)23/h5-10H,1-4H2,(H2,19,20)(H,21,23). The number of benzene rings is 1. The number of nitrogens with one attached hydrogen (secondary N) is 1. The van der Waals surface area contributed by atoms with Crippen molar-refractivity contribution in [1.82, 2.24) is 14.8 Å². The first kappa shape index (κ1) is 14.5. The topological polar surface area (TPSA) is 76.7 Å². The lowest BCUT2D eigenvalue weighted by Gasteiger charge is -2.06. The molecular formula is C17H17BrN4O. The van der Waals surface area contributed by atoms with Gasteiger partial charge in [0.05, 0.1) is 5.39 Å². The molecule has 118 valence electrons. The van der Waals surface area contributed by atoms with E-state index in [1.54, 1.807) is 0 Å². The minimum atomic E-state index is -0.160. The molecule has 0 radical (unpaired) electrons. The molecule has 2 heterocycles. The van der Waals surface area contributed by atoms with Crippen molar-refractivity contribution in [2.45, 2.75) is 31.6 Å². The molecule has 0 bridgehead atoms. The summed E-state index contributed by atoms with van der Waals surface area (Å²) in [5.41, 5.74) is 8.71. The van der Waals surface area contributed by atoms with E-state index in [4.69, 9.17) is 5.73 Å². The van der Waals surface area contributed by atoms with Crippen molar-refractivity contribution in [3.8, 4) is 5.69 Å². The molecule has 4 rings (SSSR count). The Morgan fingerprint density at radius 3 is 2.61 bits per heavy atom. The summed E-state index contributed by atoms with van der Waals surface area (Å²) in [6, 6.07) is 7.96. The fraction of sp³-hybridized carbons (Fsp3) is 0.294. The Hall–Kier alpha value is -2.08. The van der Waals surface area contributed by atoms with Crippen LogP contribution in [0.4, 0.5) is 5.82 Å². The lowest BCUT2D eigenvalue weighted by atomic mass is 9.98. The molecule has 23 heavy (non-hydrogen) atoms. The van der Waals surface area contributed by atoms with E-state index in [2.05, 4.69) is 32.3 Å². The maximum atomic E-state index is 12.4. The van der Waals surface area contributed by atoms with Crippen molar-refractivity contribution in [2.75, 3.05) is 5.73 Å². The predicted molar refractivity (Wildman–Crippen MR) is 95.0 cm³/mol. The molecule has 6 heteroatoms. The van der Waals surface area contributed by atoms with Crippen LogP contribution >= 0.6 is 15.9 Å². The highest BCUT2D eigenvalue weighted by molar-refractivity contribution is 9.10. The van der Waals surface area contributed by atoms with Gasteiger partial charge in [0.25, 0.3) is 5.56 Å². The van der Waals surface area contributed by atoms with Crippen LogP contribution in [0.1, 0.15) is 37.2 Å². The summed E-state index contributed by atoms with van der Waals surface area (Å²) < 4.78 is 3.00. The number of nitrogens with two attached hydrogens (primary N) is 1. The molecule has 0 aliphatic heterocycles. The molecule has 2 aromatic heterocycles. The number of hydrogen-bond donors (Lipinski definition) is 2. The number of nitrogen functional groups attached to an aromatic ring is 1. The van der Waals surface area contributed by atoms with Crippen molar-refractivity contribution in [3.63, 3.8) is 0 Å². The molecule has 1 fully saturated rings. The Morgan fingerprint density at radius 2 is 1.91 bits per heavy atom. The summed E-state index contributed by atoms with van der Waals surface area (Å²) in [5, 5.41) is 7.18. The third-order valence-electron chi connectivity index (χ3n) is 4.68. The van der Waals surface area contributed by atoms with Crippen LogP contribution in [0.3, 0.4) is 0 Å². The maximum Gasteiger partial charge on any atom is 0.274 e. The van der Waals surface area contributed by atoms with E-state index in [1.807, 2.05) is 28.8 Å². The SMILES string of the molecule is Nc1n[nH]c(=O)c2c(C3CCCC3)cn(-c3ccc(Br)cc3)c12. The molecule has 5 nitrogen and oxygen atoms in total. The van der Waals surface area contributed by atoms with Gasteiger partial charge in [-0.25, -0.2) is 5.10 Å². The number of fused-ring (bicyclic) bond motifs is 1. The molecule has 0 amide bonds. The number of hydrogen-bond acceptors (Lipinski definition) is 3. The van der Waals surface area contributed by atoms with Crippen LogP contribution in [0.15, 0.2) is 39.7 Å². The number of anilines is 1. The lowest BCUT2D eigenvalue weighted by molar-refractivity contribution is 0.726. The van der Waals surface area contributed by atoms with Crippen LogP contribution in [0.5, 0.6) is 0 Å². The average molecular weight is 373 g/mol. The maximum absolute atomic E-state index is 12.4. The van der Waals surface area contributed by atoms with Gasteiger partial charge in [0, 0.05) is 16.4 Å². The fourth-order valence-electron chi connectivity index (χ4n) is 3.59. The summed E-state index contributed by atoms with van der Waals surface area (Å²) in [4.78, 5) is 12.4. The number of H-pyrrole nitrogens is 1. The fourth-order valence-corrected chi connectivity index (χ4v) is 3.85. The quantitative estimate of drug-likeness (QED) is 0.719.